The number of rotatable bonds is 5. The summed E-state index contributed by atoms with van der Waals surface area (Å²) in [7, 11) is -0.338. The van der Waals surface area contributed by atoms with Crippen LogP contribution in [0, 0.1) is 12.8 Å². The number of nitrogens with zero attached hydrogens (tertiary/aromatic N) is 2. The lowest BCUT2D eigenvalue weighted by atomic mass is 9.96. The Morgan fingerprint density at radius 2 is 1.92 bits per heavy atom. The summed E-state index contributed by atoms with van der Waals surface area (Å²) in [5.74, 6) is -0.163. The Bertz CT molecular complexity index is 693. The minimum atomic E-state index is -3.39. The summed E-state index contributed by atoms with van der Waals surface area (Å²) >= 11 is 0. The van der Waals surface area contributed by atoms with E-state index in [0.717, 1.165) is 23.2 Å². The van der Waals surface area contributed by atoms with Gasteiger partial charge in [-0.3, -0.25) is 4.79 Å². The molecule has 134 valence electrons. The second kappa shape index (κ2) is 7.63. The first kappa shape index (κ1) is 18.9. The molecule has 0 unspecified atom stereocenters. The average Bonchev–Trinajstić information content (AvgIpc) is 2.56. The van der Waals surface area contributed by atoms with E-state index >= 15 is 0 Å². The summed E-state index contributed by atoms with van der Waals surface area (Å²) in [6.07, 6.45) is 1.95. The molecule has 6 nitrogen and oxygen atoms in total. The predicted molar refractivity (Wildman–Crippen MR) is 96.1 cm³/mol. The van der Waals surface area contributed by atoms with Crippen LogP contribution in [0.1, 0.15) is 30.9 Å². The van der Waals surface area contributed by atoms with Gasteiger partial charge in [-0.05, 0) is 37.3 Å². The van der Waals surface area contributed by atoms with Gasteiger partial charge in [0.25, 0.3) is 10.2 Å². The van der Waals surface area contributed by atoms with Crippen LogP contribution in [0.15, 0.2) is 18.2 Å². The number of carbonyl (C=O) groups excluding carboxylic acids is 1. The van der Waals surface area contributed by atoms with Crippen molar-refractivity contribution in [1.29, 1.82) is 0 Å². The third kappa shape index (κ3) is 3.96. The van der Waals surface area contributed by atoms with Crippen LogP contribution in [0.25, 0.3) is 0 Å². The summed E-state index contributed by atoms with van der Waals surface area (Å²) in [6.45, 7) is 4.82. The number of amides is 1. The molecule has 1 aromatic rings. The highest BCUT2D eigenvalue weighted by atomic mass is 32.2. The Morgan fingerprint density at radius 1 is 1.29 bits per heavy atom. The van der Waals surface area contributed by atoms with Crippen LogP contribution in [-0.4, -0.2) is 50.1 Å². The molecule has 0 bridgehead atoms. The quantitative estimate of drug-likeness (QED) is 0.880. The van der Waals surface area contributed by atoms with Crippen LogP contribution < -0.4 is 5.32 Å². The molecule has 7 heteroatoms. The molecular weight excluding hydrogens is 326 g/mol. The SMILES string of the molecule is CCc1cccc(C)c1NC(=O)C1CCN(S(=O)(=O)N(C)C)CC1. The molecule has 1 N–H and O–H groups in total. The number of benzene rings is 1. The molecule has 0 aromatic heterocycles. The lowest BCUT2D eigenvalue weighted by Gasteiger charge is -2.32. The van der Waals surface area contributed by atoms with E-state index in [1.54, 1.807) is 0 Å². The number of anilines is 1. The Labute approximate surface area is 145 Å². The summed E-state index contributed by atoms with van der Waals surface area (Å²) in [6, 6.07) is 6.00. The standard InChI is InChI=1S/C17H27N3O3S/c1-5-14-8-6-7-13(2)16(14)18-17(21)15-9-11-20(12-10-15)24(22,23)19(3)4/h6-8,15H,5,9-12H2,1-4H3,(H,18,21). The Hall–Kier alpha value is -1.44. The smallest absolute Gasteiger partial charge is 0.281 e. The number of piperidine rings is 1. The van der Waals surface area contributed by atoms with Crippen molar-refractivity contribution in [3.8, 4) is 0 Å². The molecule has 1 amide bonds. The second-order valence-corrected chi connectivity index (χ2v) is 8.56. The van der Waals surface area contributed by atoms with Crippen molar-refractivity contribution in [3.05, 3.63) is 29.3 Å². The maximum absolute atomic E-state index is 12.6. The van der Waals surface area contributed by atoms with Gasteiger partial charge in [0, 0.05) is 38.8 Å². The second-order valence-electron chi connectivity index (χ2n) is 6.42. The van der Waals surface area contributed by atoms with Crippen molar-refractivity contribution in [2.75, 3.05) is 32.5 Å². The van der Waals surface area contributed by atoms with E-state index in [4.69, 9.17) is 0 Å². The molecule has 1 aromatic carbocycles. The van der Waals surface area contributed by atoms with Crippen LogP contribution in [0.5, 0.6) is 0 Å². The largest absolute Gasteiger partial charge is 0.325 e. The van der Waals surface area contributed by atoms with E-state index in [1.807, 2.05) is 25.1 Å². The van der Waals surface area contributed by atoms with E-state index < -0.39 is 10.2 Å². The molecule has 0 aliphatic carbocycles. The van der Waals surface area contributed by atoms with Gasteiger partial charge in [0.1, 0.15) is 0 Å². The number of hydrogen-bond acceptors (Lipinski definition) is 3. The van der Waals surface area contributed by atoms with Crippen LogP contribution in [-0.2, 0) is 21.4 Å². The zero-order valence-electron chi connectivity index (χ0n) is 14.9. The first-order valence-corrected chi connectivity index (χ1v) is 9.74. The maximum atomic E-state index is 12.6. The molecule has 0 radical (unpaired) electrons. The molecule has 0 spiro atoms. The fourth-order valence-electron chi connectivity index (χ4n) is 3.01. The van der Waals surface area contributed by atoms with E-state index in [2.05, 4.69) is 12.2 Å². The number of para-hydroxylation sites is 1. The summed E-state index contributed by atoms with van der Waals surface area (Å²) in [5, 5.41) is 3.06. The third-order valence-electron chi connectivity index (χ3n) is 4.60. The van der Waals surface area contributed by atoms with Crippen molar-refractivity contribution in [2.24, 2.45) is 5.92 Å². The van der Waals surface area contributed by atoms with Crippen LogP contribution in [0.3, 0.4) is 0 Å². The first-order valence-electron chi connectivity index (χ1n) is 8.34. The normalized spacial score (nSPS) is 17.2. The van der Waals surface area contributed by atoms with E-state index in [1.165, 1.54) is 22.7 Å². The molecule has 1 aliphatic rings. The van der Waals surface area contributed by atoms with Crippen LogP contribution in [0.2, 0.25) is 0 Å². The van der Waals surface area contributed by atoms with Crippen molar-refractivity contribution in [3.63, 3.8) is 0 Å². The van der Waals surface area contributed by atoms with Gasteiger partial charge >= 0.3 is 0 Å². The number of nitrogens with one attached hydrogen (secondary N) is 1. The molecule has 1 heterocycles. The Morgan fingerprint density at radius 3 is 2.46 bits per heavy atom. The molecule has 0 saturated carbocycles. The summed E-state index contributed by atoms with van der Waals surface area (Å²) in [5.41, 5.74) is 3.07. The van der Waals surface area contributed by atoms with Crippen molar-refractivity contribution < 1.29 is 13.2 Å². The lowest BCUT2D eigenvalue weighted by molar-refractivity contribution is -0.120. The number of carbonyl (C=O) groups is 1. The van der Waals surface area contributed by atoms with Crippen LogP contribution in [0.4, 0.5) is 5.69 Å². The minimum absolute atomic E-state index is 0.0131. The topological polar surface area (TPSA) is 69.7 Å². The van der Waals surface area contributed by atoms with Gasteiger partial charge in [-0.1, -0.05) is 25.1 Å². The van der Waals surface area contributed by atoms with Gasteiger partial charge in [0.2, 0.25) is 5.91 Å². The summed E-state index contributed by atoms with van der Waals surface area (Å²) in [4.78, 5) is 12.6. The average molecular weight is 353 g/mol. The highest BCUT2D eigenvalue weighted by Crippen LogP contribution is 2.25. The van der Waals surface area contributed by atoms with Gasteiger partial charge in [0.05, 0.1) is 0 Å². The van der Waals surface area contributed by atoms with Gasteiger partial charge in [0.15, 0.2) is 0 Å². The molecule has 0 atom stereocenters. The van der Waals surface area contributed by atoms with Gasteiger partial charge in [-0.25, -0.2) is 0 Å². The van der Waals surface area contributed by atoms with Gasteiger partial charge in [-0.15, -0.1) is 0 Å². The van der Waals surface area contributed by atoms with E-state index in [-0.39, 0.29) is 11.8 Å². The molecule has 24 heavy (non-hydrogen) atoms. The zero-order chi connectivity index (χ0) is 17.9. The molecule has 1 saturated heterocycles. The van der Waals surface area contributed by atoms with Crippen LogP contribution >= 0.6 is 0 Å². The minimum Gasteiger partial charge on any atom is -0.325 e. The highest BCUT2D eigenvalue weighted by Gasteiger charge is 2.32. The van der Waals surface area contributed by atoms with Crippen molar-refractivity contribution in [2.45, 2.75) is 33.1 Å². The van der Waals surface area contributed by atoms with Gasteiger partial charge < -0.3 is 5.32 Å². The molecule has 1 aliphatic heterocycles. The Balaban J connectivity index is 2.02. The van der Waals surface area contributed by atoms with Crippen molar-refractivity contribution in [1.82, 2.24) is 8.61 Å². The molecule has 1 fully saturated rings. The maximum Gasteiger partial charge on any atom is 0.281 e. The summed E-state index contributed by atoms with van der Waals surface area (Å²) < 4.78 is 26.9. The monoisotopic (exact) mass is 353 g/mol. The first-order chi connectivity index (χ1) is 11.3. The fraction of sp³-hybridized carbons (Fsp3) is 0.588. The van der Waals surface area contributed by atoms with Crippen molar-refractivity contribution >= 4 is 21.8 Å². The van der Waals surface area contributed by atoms with E-state index in [9.17, 15) is 13.2 Å². The Kier molecular flexibility index (Phi) is 6.01. The number of aryl methyl sites for hydroxylation is 2. The van der Waals surface area contributed by atoms with E-state index in [0.29, 0.717) is 25.9 Å². The lowest BCUT2D eigenvalue weighted by Crippen LogP contribution is -2.46. The van der Waals surface area contributed by atoms with Gasteiger partial charge in [-0.2, -0.15) is 17.0 Å². The molecular formula is C17H27N3O3S. The fourth-order valence-corrected chi connectivity index (χ4v) is 4.14. The predicted octanol–water partition coefficient (Wildman–Crippen LogP) is 2.01. The third-order valence-corrected chi connectivity index (χ3v) is 6.54. The zero-order valence-corrected chi connectivity index (χ0v) is 15.7. The highest BCUT2D eigenvalue weighted by molar-refractivity contribution is 7.86. The number of hydrogen-bond donors (Lipinski definition) is 1. The molecule has 2 rings (SSSR count).